The number of fused-ring (bicyclic) bond motifs is 1. The van der Waals surface area contributed by atoms with Crippen molar-refractivity contribution in [3.8, 4) is 0 Å². The zero-order valence-corrected chi connectivity index (χ0v) is 11.2. The molecule has 0 radical (unpaired) electrons. The van der Waals surface area contributed by atoms with Crippen LogP contribution in [0, 0.1) is 0 Å². The number of nitrogens with zero attached hydrogens (tertiary/aromatic N) is 2. The maximum atomic E-state index is 12.0. The van der Waals surface area contributed by atoms with E-state index >= 15 is 0 Å². The van der Waals surface area contributed by atoms with Gasteiger partial charge in [-0.05, 0) is 13.0 Å². The van der Waals surface area contributed by atoms with E-state index in [1.165, 1.54) is 14.1 Å². The lowest BCUT2D eigenvalue weighted by Gasteiger charge is -2.08. The van der Waals surface area contributed by atoms with Gasteiger partial charge in [0.15, 0.2) is 0 Å². The molecule has 0 aliphatic rings. The number of esters is 1. The summed E-state index contributed by atoms with van der Waals surface area (Å²) < 4.78 is 6.78. The summed E-state index contributed by atoms with van der Waals surface area (Å²) in [6, 6.07) is 1.15. The molecule has 0 unspecified atom stereocenters. The number of H-pyrrole nitrogens is 1. The van der Waals surface area contributed by atoms with Crippen LogP contribution in [0.1, 0.15) is 17.3 Å². The topological polar surface area (TPSA) is 103 Å². The molecule has 0 aliphatic carbocycles. The Kier molecular flexibility index (Phi) is 3.31. The zero-order chi connectivity index (χ0) is 15.0. The summed E-state index contributed by atoms with van der Waals surface area (Å²) >= 11 is 0. The number of aromatic nitrogens is 3. The average Bonchev–Trinajstić information content (AvgIpc) is 2.42. The molecule has 1 N–H and O–H groups in total. The first-order valence-electron chi connectivity index (χ1n) is 5.88. The van der Waals surface area contributed by atoms with Crippen molar-refractivity contribution in [3.05, 3.63) is 42.8 Å². The molecule has 2 heterocycles. The highest BCUT2D eigenvalue weighted by Crippen LogP contribution is 2.04. The second kappa shape index (κ2) is 4.80. The molecular formula is C12H13N3O5. The van der Waals surface area contributed by atoms with Crippen molar-refractivity contribution < 1.29 is 9.53 Å². The van der Waals surface area contributed by atoms with Gasteiger partial charge in [0.25, 0.3) is 11.1 Å². The first kappa shape index (κ1) is 13.8. The van der Waals surface area contributed by atoms with Gasteiger partial charge in [0.2, 0.25) is 0 Å². The van der Waals surface area contributed by atoms with Crippen LogP contribution in [-0.4, -0.2) is 26.7 Å². The van der Waals surface area contributed by atoms with Gasteiger partial charge in [-0.25, -0.2) is 9.59 Å². The Bertz CT molecular complexity index is 872. The molecule has 2 rings (SSSR count). The number of hydrogen-bond acceptors (Lipinski definition) is 5. The summed E-state index contributed by atoms with van der Waals surface area (Å²) in [6.07, 6.45) is 0. The summed E-state index contributed by atoms with van der Waals surface area (Å²) in [6.45, 7) is 1.72. The summed E-state index contributed by atoms with van der Waals surface area (Å²) in [5.74, 6) is -0.813. The number of nitrogens with one attached hydrogen (secondary N) is 1. The molecule has 106 valence electrons. The molecule has 8 heteroatoms. The fourth-order valence-corrected chi connectivity index (χ4v) is 1.90. The number of aromatic amines is 1. The van der Waals surface area contributed by atoms with Crippen LogP contribution in [0.25, 0.3) is 11.0 Å². The first-order valence-corrected chi connectivity index (χ1v) is 5.88. The molecular weight excluding hydrogens is 266 g/mol. The molecule has 2 aromatic heterocycles. The summed E-state index contributed by atoms with van der Waals surface area (Å²) in [7, 11) is 2.74. The second-order valence-electron chi connectivity index (χ2n) is 4.20. The quantitative estimate of drug-likeness (QED) is 0.718. The van der Waals surface area contributed by atoms with Crippen molar-refractivity contribution in [1.82, 2.24) is 14.1 Å². The van der Waals surface area contributed by atoms with E-state index in [1.54, 1.807) is 6.92 Å². The van der Waals surface area contributed by atoms with Crippen molar-refractivity contribution >= 4 is 17.0 Å². The normalized spacial score (nSPS) is 10.8. The van der Waals surface area contributed by atoms with Gasteiger partial charge in [-0.2, -0.15) is 0 Å². The maximum Gasteiger partial charge on any atom is 0.343 e. The Morgan fingerprint density at radius 1 is 1.25 bits per heavy atom. The maximum absolute atomic E-state index is 12.0. The predicted molar refractivity (Wildman–Crippen MR) is 71.0 cm³/mol. The van der Waals surface area contributed by atoms with Gasteiger partial charge in [0.05, 0.1) is 12.0 Å². The summed E-state index contributed by atoms with van der Waals surface area (Å²) in [5.41, 5.74) is -2.07. The monoisotopic (exact) mass is 279 g/mol. The number of carbonyl (C=O) groups excluding carboxylic acids is 1. The van der Waals surface area contributed by atoms with Crippen molar-refractivity contribution in [2.24, 2.45) is 14.1 Å². The van der Waals surface area contributed by atoms with Gasteiger partial charge in [0.1, 0.15) is 11.2 Å². The lowest BCUT2D eigenvalue weighted by atomic mass is 10.2. The molecule has 8 nitrogen and oxygen atoms in total. The van der Waals surface area contributed by atoms with E-state index in [-0.39, 0.29) is 23.2 Å². The number of hydrogen-bond donors (Lipinski definition) is 1. The number of rotatable bonds is 2. The van der Waals surface area contributed by atoms with Gasteiger partial charge in [0, 0.05) is 14.1 Å². The molecule has 0 aliphatic heterocycles. The lowest BCUT2D eigenvalue weighted by molar-refractivity contribution is 0.0524. The van der Waals surface area contributed by atoms with E-state index in [4.69, 9.17) is 4.74 Å². The van der Waals surface area contributed by atoms with Gasteiger partial charge < -0.3 is 9.72 Å². The van der Waals surface area contributed by atoms with Crippen LogP contribution in [0.3, 0.4) is 0 Å². The molecule has 2 aromatic rings. The number of pyridine rings is 1. The highest BCUT2D eigenvalue weighted by Gasteiger charge is 2.17. The molecule has 0 aromatic carbocycles. The second-order valence-corrected chi connectivity index (χ2v) is 4.20. The largest absolute Gasteiger partial charge is 0.462 e. The minimum Gasteiger partial charge on any atom is -0.462 e. The molecule has 0 saturated heterocycles. The van der Waals surface area contributed by atoms with E-state index in [1.807, 2.05) is 0 Å². The summed E-state index contributed by atoms with van der Waals surface area (Å²) in [5, 5.41) is 0.0669. The molecule has 0 fully saturated rings. The van der Waals surface area contributed by atoms with E-state index in [9.17, 15) is 19.2 Å². The number of aryl methyl sites for hydroxylation is 1. The number of ether oxygens (including phenoxy) is 1. The van der Waals surface area contributed by atoms with Crippen molar-refractivity contribution in [1.29, 1.82) is 0 Å². The van der Waals surface area contributed by atoms with Gasteiger partial charge >= 0.3 is 11.7 Å². The Labute approximate surface area is 112 Å². The third kappa shape index (κ3) is 1.94. The standard InChI is InChI=1S/C12H13N3O5/c1-4-20-11(18)7-5-6-8(13-9(7)16)14(2)12(19)15(3)10(6)17/h5H,4H2,1-3H3,(H,13,16). The van der Waals surface area contributed by atoms with Crippen molar-refractivity contribution in [2.75, 3.05) is 6.61 Å². The molecule has 0 amide bonds. The molecule has 0 spiro atoms. The predicted octanol–water partition coefficient (Wildman–Crippen LogP) is -0.898. The molecule has 0 saturated carbocycles. The highest BCUT2D eigenvalue weighted by atomic mass is 16.5. The van der Waals surface area contributed by atoms with Crippen LogP contribution in [0.2, 0.25) is 0 Å². The molecule has 0 atom stereocenters. The van der Waals surface area contributed by atoms with Crippen LogP contribution in [0.15, 0.2) is 20.4 Å². The van der Waals surface area contributed by atoms with E-state index in [0.29, 0.717) is 0 Å². The Morgan fingerprint density at radius 3 is 2.50 bits per heavy atom. The molecule has 20 heavy (non-hydrogen) atoms. The summed E-state index contributed by atoms with van der Waals surface area (Å²) in [4.78, 5) is 49.6. The van der Waals surface area contributed by atoms with E-state index in [2.05, 4.69) is 4.98 Å². The molecule has 0 bridgehead atoms. The fraction of sp³-hybridized carbons (Fsp3) is 0.333. The van der Waals surface area contributed by atoms with Gasteiger partial charge in [-0.1, -0.05) is 0 Å². The van der Waals surface area contributed by atoms with Crippen LogP contribution in [0.4, 0.5) is 0 Å². The smallest absolute Gasteiger partial charge is 0.343 e. The van der Waals surface area contributed by atoms with E-state index < -0.39 is 22.8 Å². The Morgan fingerprint density at radius 2 is 1.90 bits per heavy atom. The van der Waals surface area contributed by atoms with Crippen LogP contribution < -0.4 is 16.8 Å². The SMILES string of the molecule is CCOC(=O)c1cc2c(=O)n(C)c(=O)n(C)c2[nH]c1=O. The fourth-order valence-electron chi connectivity index (χ4n) is 1.90. The van der Waals surface area contributed by atoms with E-state index in [0.717, 1.165) is 15.2 Å². The minimum absolute atomic E-state index is 0.0659. The van der Waals surface area contributed by atoms with Crippen molar-refractivity contribution in [3.63, 3.8) is 0 Å². The Balaban J connectivity index is 2.91. The lowest BCUT2D eigenvalue weighted by Crippen LogP contribution is -2.38. The van der Waals surface area contributed by atoms with Crippen LogP contribution in [-0.2, 0) is 18.8 Å². The minimum atomic E-state index is -0.813. The average molecular weight is 279 g/mol. The first-order chi connectivity index (χ1) is 9.38. The van der Waals surface area contributed by atoms with Gasteiger partial charge in [-0.3, -0.25) is 18.7 Å². The highest BCUT2D eigenvalue weighted by molar-refractivity contribution is 5.92. The Hall–Kier alpha value is -2.64. The third-order valence-electron chi connectivity index (χ3n) is 2.96. The zero-order valence-electron chi connectivity index (χ0n) is 11.2. The number of carbonyl (C=O) groups is 1. The van der Waals surface area contributed by atoms with Crippen LogP contribution >= 0.6 is 0 Å². The third-order valence-corrected chi connectivity index (χ3v) is 2.96. The van der Waals surface area contributed by atoms with Crippen LogP contribution in [0.5, 0.6) is 0 Å². The van der Waals surface area contributed by atoms with Crippen molar-refractivity contribution in [2.45, 2.75) is 6.92 Å². The van der Waals surface area contributed by atoms with Gasteiger partial charge in [-0.15, -0.1) is 0 Å².